The van der Waals surface area contributed by atoms with E-state index in [4.69, 9.17) is 9.72 Å². The molecule has 0 atom stereocenters. The van der Waals surface area contributed by atoms with Crippen LogP contribution in [0.3, 0.4) is 0 Å². The summed E-state index contributed by atoms with van der Waals surface area (Å²) in [5.41, 5.74) is 2.63. The molecule has 0 radical (unpaired) electrons. The first-order valence-electron chi connectivity index (χ1n) is 11.9. The zero-order valence-corrected chi connectivity index (χ0v) is 20.1. The predicted octanol–water partition coefficient (Wildman–Crippen LogP) is 3.53. The fourth-order valence-corrected chi connectivity index (χ4v) is 4.37. The first-order chi connectivity index (χ1) is 16.4. The summed E-state index contributed by atoms with van der Waals surface area (Å²) in [7, 11) is 1.62. The van der Waals surface area contributed by atoms with Crippen molar-refractivity contribution >= 4 is 22.9 Å². The minimum atomic E-state index is -0.190. The Hall–Kier alpha value is -3.55. The molecule has 4 rings (SSSR count). The van der Waals surface area contributed by atoms with E-state index in [-0.39, 0.29) is 17.6 Å². The molecule has 0 aliphatic carbocycles. The molecule has 0 bridgehead atoms. The van der Waals surface area contributed by atoms with Gasteiger partial charge in [0.05, 0.1) is 18.1 Å². The molecule has 1 fully saturated rings. The van der Waals surface area contributed by atoms with Crippen LogP contribution in [0.2, 0.25) is 0 Å². The zero-order valence-electron chi connectivity index (χ0n) is 20.1. The van der Waals surface area contributed by atoms with Gasteiger partial charge in [-0.25, -0.2) is 9.78 Å². The third kappa shape index (κ3) is 5.50. The number of carbonyl (C=O) groups is 1. The molecule has 0 spiro atoms. The summed E-state index contributed by atoms with van der Waals surface area (Å²) in [6.45, 7) is 6.64. The van der Waals surface area contributed by atoms with Crippen molar-refractivity contribution in [1.29, 1.82) is 0 Å². The lowest BCUT2D eigenvalue weighted by molar-refractivity contribution is 0.234. The first kappa shape index (κ1) is 23.6. The molecule has 8 nitrogen and oxygen atoms in total. The van der Waals surface area contributed by atoms with Gasteiger partial charge in [0.25, 0.3) is 5.56 Å². The van der Waals surface area contributed by atoms with E-state index in [9.17, 15) is 9.59 Å². The lowest BCUT2D eigenvalue weighted by Crippen LogP contribution is -2.49. The smallest absolute Gasteiger partial charge is 0.315 e. The molecule has 2 amide bonds. The highest BCUT2D eigenvalue weighted by molar-refractivity contribution is 5.76. The average Bonchev–Trinajstić information content (AvgIpc) is 2.85. The van der Waals surface area contributed by atoms with Crippen molar-refractivity contribution in [3.05, 3.63) is 64.4 Å². The molecule has 2 heterocycles. The van der Waals surface area contributed by atoms with Crippen molar-refractivity contribution in [1.82, 2.24) is 20.2 Å². The number of aromatic nitrogens is 2. The normalized spacial score (nSPS) is 14.4. The van der Waals surface area contributed by atoms with Gasteiger partial charge in [-0.1, -0.05) is 38.1 Å². The number of nitrogens with one attached hydrogen (secondary N) is 2. The molecule has 0 saturated carbocycles. The SMILES string of the molecule is COc1cccc(CNC(=O)NC2CCN(c3nc4ccccc4n(CC(C)C)c3=O)CC2)c1. The number of methoxy groups -OCH3 is 1. The Morgan fingerprint density at radius 3 is 2.65 bits per heavy atom. The molecule has 1 aromatic heterocycles. The van der Waals surface area contributed by atoms with Crippen LogP contribution in [-0.2, 0) is 13.1 Å². The van der Waals surface area contributed by atoms with E-state index in [0.717, 1.165) is 35.2 Å². The van der Waals surface area contributed by atoms with E-state index in [1.807, 2.05) is 53.1 Å². The average molecular weight is 464 g/mol. The number of hydrogen-bond acceptors (Lipinski definition) is 5. The molecule has 1 aliphatic heterocycles. The molecule has 1 saturated heterocycles. The van der Waals surface area contributed by atoms with Gasteiger partial charge in [-0.3, -0.25) is 4.79 Å². The lowest BCUT2D eigenvalue weighted by atomic mass is 10.1. The summed E-state index contributed by atoms with van der Waals surface area (Å²) in [4.78, 5) is 32.5. The number of piperidine rings is 1. The van der Waals surface area contributed by atoms with Crippen LogP contribution in [0.15, 0.2) is 53.3 Å². The van der Waals surface area contributed by atoms with Gasteiger partial charge < -0.3 is 24.8 Å². The summed E-state index contributed by atoms with van der Waals surface area (Å²) in [6.07, 6.45) is 1.51. The minimum absolute atomic E-state index is 0.0464. The maximum atomic E-state index is 13.3. The second-order valence-electron chi connectivity index (χ2n) is 9.17. The molecule has 34 heavy (non-hydrogen) atoms. The largest absolute Gasteiger partial charge is 0.497 e. The topological polar surface area (TPSA) is 88.5 Å². The van der Waals surface area contributed by atoms with Crippen molar-refractivity contribution in [3.63, 3.8) is 0 Å². The lowest BCUT2D eigenvalue weighted by Gasteiger charge is -2.33. The molecule has 1 aliphatic rings. The molecule has 2 N–H and O–H groups in total. The van der Waals surface area contributed by atoms with Crippen LogP contribution in [0, 0.1) is 5.92 Å². The van der Waals surface area contributed by atoms with Crippen molar-refractivity contribution < 1.29 is 9.53 Å². The van der Waals surface area contributed by atoms with Crippen LogP contribution in [-0.4, -0.2) is 41.8 Å². The van der Waals surface area contributed by atoms with Crippen molar-refractivity contribution in [2.75, 3.05) is 25.1 Å². The highest BCUT2D eigenvalue weighted by atomic mass is 16.5. The van der Waals surface area contributed by atoms with E-state index in [2.05, 4.69) is 29.4 Å². The van der Waals surface area contributed by atoms with E-state index < -0.39 is 0 Å². The number of urea groups is 1. The van der Waals surface area contributed by atoms with Crippen LogP contribution in [0.1, 0.15) is 32.3 Å². The summed E-state index contributed by atoms with van der Waals surface area (Å²) in [5, 5.41) is 5.97. The van der Waals surface area contributed by atoms with Gasteiger partial charge in [-0.05, 0) is 48.6 Å². The van der Waals surface area contributed by atoms with Gasteiger partial charge in [-0.2, -0.15) is 0 Å². The Kier molecular flexibility index (Phi) is 7.35. The van der Waals surface area contributed by atoms with Gasteiger partial charge in [0.15, 0.2) is 5.82 Å². The fourth-order valence-electron chi connectivity index (χ4n) is 4.37. The zero-order chi connectivity index (χ0) is 24.1. The van der Waals surface area contributed by atoms with Crippen molar-refractivity contribution in [2.45, 2.75) is 45.8 Å². The van der Waals surface area contributed by atoms with Gasteiger partial charge in [0.2, 0.25) is 0 Å². The van der Waals surface area contributed by atoms with E-state index in [1.54, 1.807) is 7.11 Å². The van der Waals surface area contributed by atoms with Crippen LogP contribution in [0.25, 0.3) is 11.0 Å². The number of fused-ring (bicyclic) bond motifs is 1. The summed E-state index contributed by atoms with van der Waals surface area (Å²) < 4.78 is 7.07. The van der Waals surface area contributed by atoms with Crippen LogP contribution in [0.4, 0.5) is 10.6 Å². The van der Waals surface area contributed by atoms with Crippen molar-refractivity contribution in [3.8, 4) is 5.75 Å². The van der Waals surface area contributed by atoms with E-state index in [1.165, 1.54) is 0 Å². The number of hydrogen-bond donors (Lipinski definition) is 2. The maximum absolute atomic E-state index is 13.3. The number of nitrogens with zero attached hydrogens (tertiary/aromatic N) is 3. The van der Waals surface area contributed by atoms with Crippen LogP contribution >= 0.6 is 0 Å². The van der Waals surface area contributed by atoms with Gasteiger partial charge in [-0.15, -0.1) is 0 Å². The second-order valence-corrected chi connectivity index (χ2v) is 9.17. The number of para-hydroxylation sites is 2. The third-order valence-corrected chi connectivity index (χ3v) is 6.10. The summed E-state index contributed by atoms with van der Waals surface area (Å²) in [5.74, 6) is 1.61. The number of ether oxygens (including phenoxy) is 1. The molecule has 8 heteroatoms. The third-order valence-electron chi connectivity index (χ3n) is 6.10. The monoisotopic (exact) mass is 463 g/mol. The molecule has 0 unspecified atom stereocenters. The van der Waals surface area contributed by atoms with Gasteiger partial charge in [0, 0.05) is 32.2 Å². The number of carbonyl (C=O) groups excluding carboxylic acids is 1. The van der Waals surface area contributed by atoms with Crippen LogP contribution in [0.5, 0.6) is 5.75 Å². The van der Waals surface area contributed by atoms with Gasteiger partial charge >= 0.3 is 6.03 Å². The Morgan fingerprint density at radius 2 is 1.91 bits per heavy atom. The standard InChI is InChI=1S/C26H33N5O3/c1-18(2)17-31-23-10-5-4-9-22(23)29-24(25(31)32)30-13-11-20(12-14-30)28-26(33)27-16-19-7-6-8-21(15-19)34-3/h4-10,15,18,20H,11-14,16-17H2,1-3H3,(H2,27,28,33). The fraction of sp³-hybridized carbons (Fsp3) is 0.423. The number of benzene rings is 2. The molecule has 3 aromatic rings. The highest BCUT2D eigenvalue weighted by Crippen LogP contribution is 2.19. The number of rotatable bonds is 7. The highest BCUT2D eigenvalue weighted by Gasteiger charge is 2.24. The Bertz CT molecular complexity index is 1200. The Labute approximate surface area is 199 Å². The Balaban J connectivity index is 1.37. The summed E-state index contributed by atoms with van der Waals surface area (Å²) in [6, 6.07) is 15.3. The first-order valence-corrected chi connectivity index (χ1v) is 11.9. The van der Waals surface area contributed by atoms with Crippen LogP contribution < -0.4 is 25.8 Å². The quantitative estimate of drug-likeness (QED) is 0.560. The van der Waals surface area contributed by atoms with Gasteiger partial charge in [0.1, 0.15) is 5.75 Å². The summed E-state index contributed by atoms with van der Waals surface area (Å²) >= 11 is 0. The molecular formula is C26H33N5O3. The van der Waals surface area contributed by atoms with Crippen molar-refractivity contribution in [2.24, 2.45) is 5.92 Å². The Morgan fingerprint density at radius 1 is 1.15 bits per heavy atom. The minimum Gasteiger partial charge on any atom is -0.497 e. The maximum Gasteiger partial charge on any atom is 0.315 e. The second kappa shape index (κ2) is 10.6. The molecule has 2 aromatic carbocycles. The van der Waals surface area contributed by atoms with E-state index >= 15 is 0 Å². The van der Waals surface area contributed by atoms with E-state index in [0.29, 0.717) is 37.9 Å². The predicted molar refractivity (Wildman–Crippen MR) is 134 cm³/mol. The molecule has 180 valence electrons. The molecular weight excluding hydrogens is 430 g/mol. The number of amides is 2. The number of anilines is 1.